The van der Waals surface area contributed by atoms with Gasteiger partial charge in [0, 0.05) is 10.4 Å². The molecule has 0 aliphatic heterocycles. The normalized spacial score (nSPS) is 10.2. The molecular weight excluding hydrogens is 238 g/mol. The third-order valence-corrected chi connectivity index (χ3v) is 3.25. The number of carbonyl (C=O) groups is 1. The van der Waals surface area contributed by atoms with Crippen LogP contribution in [0, 0.1) is 6.92 Å². The summed E-state index contributed by atoms with van der Waals surface area (Å²) in [4.78, 5) is 21.2. The van der Waals surface area contributed by atoms with Crippen LogP contribution in [0.25, 0.3) is 11.4 Å². The van der Waals surface area contributed by atoms with Crippen molar-refractivity contribution < 1.29 is 9.53 Å². The van der Waals surface area contributed by atoms with E-state index in [-0.39, 0.29) is 5.97 Å². The SMILES string of the molecule is COC(=O)c1cc(-c2ncc(N)cn2)c(C)s1. The summed E-state index contributed by atoms with van der Waals surface area (Å²) in [5, 5.41) is 0. The minimum absolute atomic E-state index is 0.347. The lowest BCUT2D eigenvalue weighted by atomic mass is 10.2. The molecule has 2 N–H and O–H groups in total. The molecule has 2 aromatic rings. The summed E-state index contributed by atoms with van der Waals surface area (Å²) in [6.07, 6.45) is 3.08. The van der Waals surface area contributed by atoms with Crippen molar-refractivity contribution >= 4 is 23.0 Å². The number of rotatable bonds is 2. The summed E-state index contributed by atoms with van der Waals surface area (Å²) in [7, 11) is 1.36. The highest BCUT2D eigenvalue weighted by Crippen LogP contribution is 2.29. The number of ether oxygens (including phenoxy) is 1. The van der Waals surface area contributed by atoms with Gasteiger partial charge in [0.15, 0.2) is 5.82 Å². The highest BCUT2D eigenvalue weighted by atomic mass is 32.1. The summed E-state index contributed by atoms with van der Waals surface area (Å²) < 4.78 is 4.67. The fourth-order valence-corrected chi connectivity index (χ4v) is 2.32. The second-order valence-electron chi connectivity index (χ2n) is 3.41. The maximum absolute atomic E-state index is 11.4. The first-order valence-corrected chi connectivity index (χ1v) is 5.70. The Morgan fingerprint density at radius 2 is 2.06 bits per heavy atom. The minimum atomic E-state index is -0.347. The number of hydrogen-bond acceptors (Lipinski definition) is 6. The van der Waals surface area contributed by atoms with Gasteiger partial charge in [-0.3, -0.25) is 0 Å². The Hall–Kier alpha value is -1.95. The molecule has 0 aliphatic rings. The maximum atomic E-state index is 11.4. The Morgan fingerprint density at radius 1 is 1.41 bits per heavy atom. The van der Waals surface area contributed by atoms with Crippen molar-refractivity contribution in [1.29, 1.82) is 0 Å². The molecule has 0 amide bonds. The molecule has 6 heteroatoms. The van der Waals surface area contributed by atoms with E-state index in [1.807, 2.05) is 6.92 Å². The van der Waals surface area contributed by atoms with Gasteiger partial charge in [0.2, 0.25) is 0 Å². The standard InChI is InChI=1S/C11H11N3O2S/c1-6-8(3-9(17-6)11(15)16-2)10-13-4-7(12)5-14-10/h3-5H,12H2,1-2H3. The molecule has 0 aromatic carbocycles. The van der Waals surface area contributed by atoms with Gasteiger partial charge in [-0.05, 0) is 13.0 Å². The summed E-state index contributed by atoms with van der Waals surface area (Å²) >= 11 is 1.36. The molecular formula is C11H11N3O2S. The van der Waals surface area contributed by atoms with E-state index >= 15 is 0 Å². The van der Waals surface area contributed by atoms with Crippen molar-refractivity contribution in [2.45, 2.75) is 6.92 Å². The van der Waals surface area contributed by atoms with Gasteiger partial charge in [-0.25, -0.2) is 14.8 Å². The summed E-state index contributed by atoms with van der Waals surface area (Å²) in [5.74, 6) is 0.211. The van der Waals surface area contributed by atoms with Gasteiger partial charge in [0.1, 0.15) is 4.88 Å². The zero-order valence-corrected chi connectivity index (χ0v) is 10.2. The van der Waals surface area contributed by atoms with Gasteiger partial charge in [-0.15, -0.1) is 11.3 Å². The average Bonchev–Trinajstić information content (AvgIpc) is 2.71. The number of aromatic nitrogens is 2. The molecule has 0 fully saturated rings. The molecule has 0 atom stereocenters. The molecule has 0 aliphatic carbocycles. The minimum Gasteiger partial charge on any atom is -0.465 e. The Labute approximate surface area is 102 Å². The highest BCUT2D eigenvalue weighted by Gasteiger charge is 2.15. The Kier molecular flexibility index (Phi) is 3.06. The van der Waals surface area contributed by atoms with Crippen LogP contribution in [-0.4, -0.2) is 23.0 Å². The van der Waals surface area contributed by atoms with Gasteiger partial charge in [-0.2, -0.15) is 0 Å². The van der Waals surface area contributed by atoms with E-state index in [2.05, 4.69) is 14.7 Å². The molecule has 0 saturated carbocycles. The Balaban J connectivity index is 2.42. The van der Waals surface area contributed by atoms with E-state index in [4.69, 9.17) is 5.73 Å². The van der Waals surface area contributed by atoms with Crippen LogP contribution in [0.2, 0.25) is 0 Å². The number of nitrogens with two attached hydrogens (primary N) is 1. The molecule has 5 nitrogen and oxygen atoms in total. The summed E-state index contributed by atoms with van der Waals surface area (Å²) in [6, 6.07) is 1.73. The highest BCUT2D eigenvalue weighted by molar-refractivity contribution is 7.14. The molecule has 88 valence electrons. The number of esters is 1. The number of thiophene rings is 1. The lowest BCUT2D eigenvalue weighted by Gasteiger charge is -1.97. The van der Waals surface area contributed by atoms with E-state index < -0.39 is 0 Å². The van der Waals surface area contributed by atoms with Gasteiger partial charge in [0.25, 0.3) is 0 Å². The van der Waals surface area contributed by atoms with Crippen LogP contribution < -0.4 is 5.73 Å². The fraction of sp³-hybridized carbons (Fsp3) is 0.182. The van der Waals surface area contributed by atoms with Crippen LogP contribution in [-0.2, 0) is 4.74 Å². The van der Waals surface area contributed by atoms with Crippen molar-refractivity contribution in [3.8, 4) is 11.4 Å². The summed E-state index contributed by atoms with van der Waals surface area (Å²) in [6.45, 7) is 1.91. The number of anilines is 1. The van der Waals surface area contributed by atoms with E-state index in [0.717, 1.165) is 10.4 Å². The first-order chi connectivity index (χ1) is 8.11. The van der Waals surface area contributed by atoms with Crippen LogP contribution in [0.5, 0.6) is 0 Å². The predicted molar refractivity (Wildman–Crippen MR) is 65.8 cm³/mol. The first-order valence-electron chi connectivity index (χ1n) is 4.88. The number of methoxy groups -OCH3 is 1. The fourth-order valence-electron chi connectivity index (χ4n) is 1.38. The second kappa shape index (κ2) is 4.50. The van der Waals surface area contributed by atoms with Crippen LogP contribution in [0.3, 0.4) is 0 Å². The van der Waals surface area contributed by atoms with Gasteiger partial charge in [-0.1, -0.05) is 0 Å². The molecule has 0 bridgehead atoms. The monoisotopic (exact) mass is 249 g/mol. The van der Waals surface area contributed by atoms with Gasteiger partial charge >= 0.3 is 5.97 Å². The van der Waals surface area contributed by atoms with E-state index in [0.29, 0.717) is 16.4 Å². The van der Waals surface area contributed by atoms with Crippen molar-refractivity contribution in [2.24, 2.45) is 0 Å². The number of nitrogens with zero attached hydrogens (tertiary/aromatic N) is 2. The molecule has 0 radical (unpaired) electrons. The molecule has 2 aromatic heterocycles. The Bertz CT molecular complexity index is 548. The van der Waals surface area contributed by atoms with E-state index in [1.54, 1.807) is 6.07 Å². The van der Waals surface area contributed by atoms with Crippen molar-refractivity contribution in [1.82, 2.24) is 9.97 Å². The molecule has 0 unspecified atom stereocenters. The maximum Gasteiger partial charge on any atom is 0.348 e. The Morgan fingerprint density at radius 3 is 2.65 bits per heavy atom. The van der Waals surface area contributed by atoms with Crippen LogP contribution in [0.15, 0.2) is 18.5 Å². The molecule has 2 rings (SSSR count). The zero-order chi connectivity index (χ0) is 12.4. The third kappa shape index (κ3) is 2.26. The number of aryl methyl sites for hydroxylation is 1. The third-order valence-electron chi connectivity index (χ3n) is 2.22. The van der Waals surface area contributed by atoms with Crippen LogP contribution >= 0.6 is 11.3 Å². The largest absolute Gasteiger partial charge is 0.465 e. The molecule has 0 saturated heterocycles. The number of nitrogen functional groups attached to an aromatic ring is 1. The van der Waals surface area contributed by atoms with Crippen molar-refractivity contribution in [2.75, 3.05) is 12.8 Å². The van der Waals surface area contributed by atoms with Crippen molar-refractivity contribution in [3.05, 3.63) is 28.2 Å². The van der Waals surface area contributed by atoms with E-state index in [9.17, 15) is 4.79 Å². The van der Waals surface area contributed by atoms with Crippen LogP contribution in [0.4, 0.5) is 5.69 Å². The second-order valence-corrected chi connectivity index (χ2v) is 4.67. The van der Waals surface area contributed by atoms with Crippen LogP contribution in [0.1, 0.15) is 14.5 Å². The molecule has 0 spiro atoms. The van der Waals surface area contributed by atoms with Crippen molar-refractivity contribution in [3.63, 3.8) is 0 Å². The lowest BCUT2D eigenvalue weighted by molar-refractivity contribution is 0.0606. The van der Waals surface area contributed by atoms with E-state index in [1.165, 1.54) is 30.8 Å². The van der Waals surface area contributed by atoms with Gasteiger partial charge < -0.3 is 10.5 Å². The average molecular weight is 249 g/mol. The smallest absolute Gasteiger partial charge is 0.348 e. The summed E-state index contributed by atoms with van der Waals surface area (Å²) in [5.41, 5.74) is 6.86. The topological polar surface area (TPSA) is 78.1 Å². The zero-order valence-electron chi connectivity index (χ0n) is 9.43. The quantitative estimate of drug-likeness (QED) is 0.822. The molecule has 2 heterocycles. The lowest BCUT2D eigenvalue weighted by Crippen LogP contribution is -1.97. The molecule has 17 heavy (non-hydrogen) atoms. The number of carbonyl (C=O) groups excluding carboxylic acids is 1. The number of hydrogen-bond donors (Lipinski definition) is 1. The predicted octanol–water partition coefficient (Wildman–Crippen LogP) is 1.88. The van der Waals surface area contributed by atoms with Gasteiger partial charge in [0.05, 0.1) is 25.2 Å². The first kappa shape index (κ1) is 11.5.